The Kier molecular flexibility index (Phi) is 4.58. The summed E-state index contributed by atoms with van der Waals surface area (Å²) in [5.74, 6) is -0.146. The molecule has 0 unspecified atom stereocenters. The minimum atomic E-state index is -0.209. The van der Waals surface area contributed by atoms with Crippen LogP contribution in [0.5, 0.6) is 0 Å². The van der Waals surface area contributed by atoms with Gasteiger partial charge < -0.3 is 10.0 Å². The molecule has 0 aromatic carbocycles. The third-order valence-corrected chi connectivity index (χ3v) is 1.17. The Bertz CT molecular complexity index is 128. The fourth-order valence-electron chi connectivity index (χ4n) is 0.574. The summed E-state index contributed by atoms with van der Waals surface area (Å²) < 4.78 is 0. The fourth-order valence-corrected chi connectivity index (χ4v) is 0.574. The first-order valence-corrected chi connectivity index (χ1v) is 3.28. The highest BCUT2D eigenvalue weighted by molar-refractivity contribution is 5.87. The van der Waals surface area contributed by atoms with Crippen LogP contribution in [0.4, 0.5) is 0 Å². The number of likely N-dealkylation sites (N-methyl/N-ethyl adjacent to an activating group) is 1. The maximum atomic E-state index is 10.9. The number of aliphatic hydroxyl groups is 1. The van der Waals surface area contributed by atoms with E-state index in [1.807, 2.05) is 6.92 Å². The quantitative estimate of drug-likeness (QED) is 0.458. The van der Waals surface area contributed by atoms with Crippen molar-refractivity contribution in [3.05, 3.63) is 12.2 Å². The average Bonchev–Trinajstić information content (AvgIpc) is 1.91. The molecule has 0 spiro atoms. The van der Waals surface area contributed by atoms with Crippen molar-refractivity contribution in [2.75, 3.05) is 13.3 Å². The van der Waals surface area contributed by atoms with Crippen molar-refractivity contribution in [2.45, 2.75) is 13.8 Å². The summed E-state index contributed by atoms with van der Waals surface area (Å²) in [5.41, 5.74) is 0. The smallest absolute Gasteiger partial charge is 0.248 e. The monoisotopic (exact) mass is 143 g/mol. The highest BCUT2D eigenvalue weighted by Crippen LogP contribution is 1.87. The lowest BCUT2D eigenvalue weighted by molar-refractivity contribution is -0.129. The molecule has 3 nitrogen and oxygen atoms in total. The van der Waals surface area contributed by atoms with Crippen LogP contribution in [0.3, 0.4) is 0 Å². The van der Waals surface area contributed by atoms with Crippen molar-refractivity contribution in [1.82, 2.24) is 4.90 Å². The van der Waals surface area contributed by atoms with Crippen molar-refractivity contribution in [1.29, 1.82) is 0 Å². The van der Waals surface area contributed by atoms with Gasteiger partial charge in [0.2, 0.25) is 5.91 Å². The summed E-state index contributed by atoms with van der Waals surface area (Å²) in [7, 11) is 0. The number of carbonyl (C=O) groups excluding carboxylic acids is 1. The lowest BCUT2D eigenvalue weighted by atomic mass is 10.4. The first-order chi connectivity index (χ1) is 4.76. The SMILES string of the molecule is C/C=C/C(=O)N(CC)CO. The second-order valence-electron chi connectivity index (χ2n) is 1.84. The fraction of sp³-hybridized carbons (Fsp3) is 0.571. The van der Waals surface area contributed by atoms with Crippen LogP contribution in [0.2, 0.25) is 0 Å². The molecule has 0 aromatic rings. The van der Waals surface area contributed by atoms with Crippen molar-refractivity contribution in [2.24, 2.45) is 0 Å². The van der Waals surface area contributed by atoms with Crippen LogP contribution in [0.15, 0.2) is 12.2 Å². The summed E-state index contributed by atoms with van der Waals surface area (Å²) in [6, 6.07) is 0. The van der Waals surface area contributed by atoms with Crippen molar-refractivity contribution < 1.29 is 9.90 Å². The number of hydrogen-bond donors (Lipinski definition) is 1. The van der Waals surface area contributed by atoms with Gasteiger partial charge in [0.1, 0.15) is 6.73 Å². The number of rotatable bonds is 3. The topological polar surface area (TPSA) is 40.5 Å². The van der Waals surface area contributed by atoms with Gasteiger partial charge in [0.25, 0.3) is 0 Å². The molecule has 1 N–H and O–H groups in total. The molecule has 0 saturated carbocycles. The van der Waals surface area contributed by atoms with Gasteiger partial charge in [0.15, 0.2) is 0 Å². The Morgan fingerprint density at radius 2 is 2.30 bits per heavy atom. The van der Waals surface area contributed by atoms with Crippen LogP contribution in [0.25, 0.3) is 0 Å². The molecule has 58 valence electrons. The molecule has 0 radical (unpaired) electrons. The Morgan fingerprint density at radius 1 is 1.70 bits per heavy atom. The Labute approximate surface area is 61.0 Å². The van der Waals surface area contributed by atoms with Gasteiger partial charge in [-0.3, -0.25) is 4.79 Å². The second-order valence-corrected chi connectivity index (χ2v) is 1.84. The molecule has 0 aliphatic heterocycles. The molecule has 0 aliphatic carbocycles. The summed E-state index contributed by atoms with van der Waals surface area (Å²) in [6.45, 7) is 3.92. The van der Waals surface area contributed by atoms with E-state index in [9.17, 15) is 4.79 Å². The Morgan fingerprint density at radius 3 is 2.60 bits per heavy atom. The normalized spacial score (nSPS) is 10.3. The maximum Gasteiger partial charge on any atom is 0.248 e. The number of hydrogen-bond acceptors (Lipinski definition) is 2. The molecule has 0 bridgehead atoms. The van der Waals surface area contributed by atoms with E-state index in [1.54, 1.807) is 13.0 Å². The standard InChI is InChI=1S/C7H13NO2/c1-3-5-7(10)8(4-2)6-9/h3,5,9H,4,6H2,1-2H3/b5-3+. The zero-order chi connectivity index (χ0) is 7.98. The summed E-state index contributed by atoms with van der Waals surface area (Å²) in [5, 5.41) is 8.59. The van der Waals surface area contributed by atoms with Gasteiger partial charge in [0.05, 0.1) is 0 Å². The largest absolute Gasteiger partial charge is 0.376 e. The number of amides is 1. The van der Waals surface area contributed by atoms with Crippen molar-refractivity contribution in [3.63, 3.8) is 0 Å². The summed E-state index contributed by atoms with van der Waals surface area (Å²) in [6.07, 6.45) is 3.08. The van der Waals surface area contributed by atoms with E-state index in [0.717, 1.165) is 0 Å². The molecule has 10 heavy (non-hydrogen) atoms. The molecule has 0 heterocycles. The van der Waals surface area contributed by atoms with E-state index in [1.165, 1.54) is 11.0 Å². The van der Waals surface area contributed by atoms with E-state index >= 15 is 0 Å². The third-order valence-electron chi connectivity index (χ3n) is 1.17. The summed E-state index contributed by atoms with van der Waals surface area (Å²) >= 11 is 0. The predicted molar refractivity (Wildman–Crippen MR) is 39.3 cm³/mol. The van der Waals surface area contributed by atoms with E-state index in [4.69, 9.17) is 5.11 Å². The van der Waals surface area contributed by atoms with Gasteiger partial charge in [-0.2, -0.15) is 0 Å². The number of aliphatic hydroxyl groups excluding tert-OH is 1. The first-order valence-electron chi connectivity index (χ1n) is 3.28. The van der Waals surface area contributed by atoms with Gasteiger partial charge in [-0.1, -0.05) is 6.08 Å². The van der Waals surface area contributed by atoms with Crippen LogP contribution >= 0.6 is 0 Å². The average molecular weight is 143 g/mol. The van der Waals surface area contributed by atoms with Crippen LogP contribution in [-0.4, -0.2) is 29.2 Å². The predicted octanol–water partition coefficient (Wildman–Crippen LogP) is 0.361. The van der Waals surface area contributed by atoms with E-state index in [-0.39, 0.29) is 12.6 Å². The highest BCUT2D eigenvalue weighted by atomic mass is 16.3. The molecule has 1 amide bonds. The zero-order valence-electron chi connectivity index (χ0n) is 6.37. The molecule has 0 atom stereocenters. The summed E-state index contributed by atoms with van der Waals surface area (Å²) in [4.78, 5) is 12.2. The van der Waals surface area contributed by atoms with Crippen LogP contribution in [0.1, 0.15) is 13.8 Å². The molecular weight excluding hydrogens is 130 g/mol. The van der Waals surface area contributed by atoms with Crippen molar-refractivity contribution >= 4 is 5.91 Å². The number of allylic oxidation sites excluding steroid dienone is 1. The molecule has 0 saturated heterocycles. The van der Waals surface area contributed by atoms with Crippen molar-refractivity contribution in [3.8, 4) is 0 Å². The Balaban J connectivity index is 3.89. The van der Waals surface area contributed by atoms with E-state index in [0.29, 0.717) is 6.54 Å². The second kappa shape index (κ2) is 4.99. The van der Waals surface area contributed by atoms with Gasteiger partial charge in [0, 0.05) is 6.54 Å². The third kappa shape index (κ3) is 2.64. The van der Waals surface area contributed by atoms with Gasteiger partial charge in [-0.05, 0) is 19.9 Å². The maximum absolute atomic E-state index is 10.9. The van der Waals surface area contributed by atoms with E-state index < -0.39 is 0 Å². The molecule has 3 heteroatoms. The molecule has 0 fully saturated rings. The van der Waals surface area contributed by atoms with E-state index in [2.05, 4.69) is 0 Å². The number of nitrogens with zero attached hydrogens (tertiary/aromatic N) is 1. The van der Waals surface area contributed by atoms with Crippen LogP contribution in [0, 0.1) is 0 Å². The molecule has 0 aromatic heterocycles. The highest BCUT2D eigenvalue weighted by Gasteiger charge is 2.03. The van der Waals surface area contributed by atoms with Gasteiger partial charge in [-0.25, -0.2) is 0 Å². The molecule has 0 rings (SSSR count). The molecule has 0 aliphatic rings. The van der Waals surface area contributed by atoms with Crippen LogP contribution < -0.4 is 0 Å². The lowest BCUT2D eigenvalue weighted by Crippen LogP contribution is -2.29. The minimum Gasteiger partial charge on any atom is -0.376 e. The first kappa shape index (κ1) is 9.17. The van der Waals surface area contributed by atoms with Gasteiger partial charge >= 0.3 is 0 Å². The Hall–Kier alpha value is -0.830. The van der Waals surface area contributed by atoms with Crippen LogP contribution in [-0.2, 0) is 4.79 Å². The minimum absolute atomic E-state index is 0.146. The van der Waals surface area contributed by atoms with Gasteiger partial charge in [-0.15, -0.1) is 0 Å². The molecular formula is C7H13NO2. The number of carbonyl (C=O) groups is 1. The zero-order valence-corrected chi connectivity index (χ0v) is 6.37. The lowest BCUT2D eigenvalue weighted by Gasteiger charge is -2.14.